The fourth-order valence-corrected chi connectivity index (χ4v) is 3.64. The van der Waals surface area contributed by atoms with Crippen LogP contribution in [0.5, 0.6) is 0 Å². The average Bonchev–Trinajstić information content (AvgIpc) is 2.46. The van der Waals surface area contributed by atoms with Gasteiger partial charge in [0.15, 0.2) is 0 Å². The van der Waals surface area contributed by atoms with Gasteiger partial charge in [0.05, 0.1) is 5.03 Å². The summed E-state index contributed by atoms with van der Waals surface area (Å²) in [6, 6.07) is 5.10. The van der Waals surface area contributed by atoms with Crippen LogP contribution in [0.15, 0.2) is 23.4 Å². The largest absolute Gasteiger partial charge is 0.296 e. The standard InChI is InChI=1S/C17H28N2S/c1-4-5-11-19-12-7-6-8-16(19)15-9-10-17(18-13-15)20-14(2)3/h9-10,13-14,16H,4-8,11-12H2,1-3H3/t16-/m0/s1. The van der Waals surface area contributed by atoms with E-state index < -0.39 is 0 Å². The lowest BCUT2D eigenvalue weighted by atomic mass is 9.96. The summed E-state index contributed by atoms with van der Waals surface area (Å²) in [5.74, 6) is 0. The molecule has 1 fully saturated rings. The summed E-state index contributed by atoms with van der Waals surface area (Å²) in [4.78, 5) is 7.31. The van der Waals surface area contributed by atoms with Gasteiger partial charge in [-0.05, 0) is 44.0 Å². The zero-order valence-corrected chi connectivity index (χ0v) is 14.0. The summed E-state index contributed by atoms with van der Waals surface area (Å²) in [5.41, 5.74) is 1.41. The van der Waals surface area contributed by atoms with Gasteiger partial charge in [-0.2, -0.15) is 0 Å². The van der Waals surface area contributed by atoms with E-state index in [0.717, 1.165) is 5.03 Å². The minimum absolute atomic E-state index is 0.598. The van der Waals surface area contributed by atoms with Gasteiger partial charge in [-0.25, -0.2) is 4.98 Å². The number of hydrogen-bond donors (Lipinski definition) is 0. The van der Waals surface area contributed by atoms with Gasteiger partial charge in [-0.15, -0.1) is 11.8 Å². The Kier molecular flexibility index (Phi) is 6.37. The van der Waals surface area contributed by atoms with Crippen molar-refractivity contribution in [2.24, 2.45) is 0 Å². The van der Waals surface area contributed by atoms with Crippen LogP contribution in [-0.4, -0.2) is 28.2 Å². The van der Waals surface area contributed by atoms with Crippen LogP contribution in [0.4, 0.5) is 0 Å². The van der Waals surface area contributed by atoms with Crippen LogP contribution in [0.25, 0.3) is 0 Å². The molecule has 0 unspecified atom stereocenters. The molecule has 2 rings (SSSR count). The van der Waals surface area contributed by atoms with E-state index in [1.165, 1.54) is 50.8 Å². The minimum Gasteiger partial charge on any atom is -0.296 e. The summed E-state index contributed by atoms with van der Waals surface area (Å²) >= 11 is 1.84. The number of pyridine rings is 1. The van der Waals surface area contributed by atoms with E-state index in [-0.39, 0.29) is 0 Å². The number of rotatable bonds is 6. The molecule has 1 atom stereocenters. The summed E-state index contributed by atoms with van der Waals surface area (Å²) in [7, 11) is 0. The Morgan fingerprint density at radius 2 is 2.20 bits per heavy atom. The highest BCUT2D eigenvalue weighted by Gasteiger charge is 2.23. The number of nitrogens with zero attached hydrogens (tertiary/aromatic N) is 2. The first-order valence-corrected chi connectivity index (χ1v) is 8.95. The molecule has 0 aliphatic carbocycles. The predicted octanol–water partition coefficient (Wildman–Crippen LogP) is 4.91. The first-order chi connectivity index (χ1) is 9.70. The van der Waals surface area contributed by atoms with Gasteiger partial charge >= 0.3 is 0 Å². The highest BCUT2D eigenvalue weighted by atomic mass is 32.2. The molecule has 2 nitrogen and oxygen atoms in total. The normalized spacial score (nSPS) is 20.5. The number of unbranched alkanes of at least 4 members (excludes halogenated alkanes) is 1. The van der Waals surface area contributed by atoms with Crippen LogP contribution < -0.4 is 0 Å². The average molecular weight is 292 g/mol. The Hall–Kier alpha value is -0.540. The van der Waals surface area contributed by atoms with Gasteiger partial charge < -0.3 is 0 Å². The highest BCUT2D eigenvalue weighted by molar-refractivity contribution is 7.99. The molecule has 0 radical (unpaired) electrons. The second-order valence-electron chi connectivity index (χ2n) is 6.00. The summed E-state index contributed by atoms with van der Waals surface area (Å²) in [6.07, 6.45) is 8.71. The molecule has 3 heteroatoms. The molecule has 0 bridgehead atoms. The Bertz CT molecular complexity index is 388. The van der Waals surface area contributed by atoms with E-state index in [1.807, 2.05) is 11.8 Å². The quantitative estimate of drug-likeness (QED) is 0.693. The van der Waals surface area contributed by atoms with Gasteiger partial charge in [0.25, 0.3) is 0 Å². The number of aromatic nitrogens is 1. The number of likely N-dealkylation sites (tertiary alicyclic amines) is 1. The molecule has 0 N–H and O–H groups in total. The highest BCUT2D eigenvalue weighted by Crippen LogP contribution is 2.31. The SMILES string of the molecule is CCCCN1CCCC[C@H]1c1ccc(SC(C)C)nc1. The Morgan fingerprint density at radius 3 is 2.85 bits per heavy atom. The fourth-order valence-electron chi connectivity index (χ4n) is 2.90. The van der Waals surface area contributed by atoms with Crippen molar-refractivity contribution < 1.29 is 0 Å². The number of hydrogen-bond acceptors (Lipinski definition) is 3. The molecule has 0 amide bonds. The zero-order valence-electron chi connectivity index (χ0n) is 13.1. The molecule has 20 heavy (non-hydrogen) atoms. The Balaban J connectivity index is 2.03. The molecular weight excluding hydrogens is 264 g/mol. The van der Waals surface area contributed by atoms with Crippen LogP contribution in [0.2, 0.25) is 0 Å². The topological polar surface area (TPSA) is 16.1 Å². The second-order valence-corrected chi connectivity index (χ2v) is 7.59. The Morgan fingerprint density at radius 1 is 1.35 bits per heavy atom. The van der Waals surface area contributed by atoms with Crippen LogP contribution >= 0.6 is 11.8 Å². The monoisotopic (exact) mass is 292 g/mol. The van der Waals surface area contributed by atoms with E-state index in [9.17, 15) is 0 Å². The van der Waals surface area contributed by atoms with E-state index in [2.05, 4.69) is 49.0 Å². The second kappa shape index (κ2) is 8.04. The molecule has 0 saturated carbocycles. The first-order valence-electron chi connectivity index (χ1n) is 8.07. The lowest BCUT2D eigenvalue weighted by Crippen LogP contribution is -2.34. The van der Waals surface area contributed by atoms with Crippen LogP contribution in [0.3, 0.4) is 0 Å². The third-order valence-corrected chi connectivity index (χ3v) is 4.87. The van der Waals surface area contributed by atoms with Gasteiger partial charge in [-0.1, -0.05) is 39.7 Å². The van der Waals surface area contributed by atoms with E-state index in [0.29, 0.717) is 11.3 Å². The summed E-state index contributed by atoms with van der Waals surface area (Å²) in [6.45, 7) is 9.21. The van der Waals surface area contributed by atoms with Crippen LogP contribution in [0, 0.1) is 0 Å². The zero-order chi connectivity index (χ0) is 14.4. The molecule has 112 valence electrons. The Labute approximate surface area is 128 Å². The third kappa shape index (κ3) is 4.49. The van der Waals surface area contributed by atoms with Gasteiger partial charge in [0, 0.05) is 17.5 Å². The van der Waals surface area contributed by atoms with Crippen molar-refractivity contribution >= 4 is 11.8 Å². The fraction of sp³-hybridized carbons (Fsp3) is 0.706. The maximum absolute atomic E-state index is 4.65. The van der Waals surface area contributed by atoms with Gasteiger partial charge in [-0.3, -0.25) is 4.90 Å². The molecule has 0 spiro atoms. The van der Waals surface area contributed by atoms with Crippen LogP contribution in [0.1, 0.15) is 64.5 Å². The summed E-state index contributed by atoms with van der Waals surface area (Å²) in [5, 5.41) is 1.75. The third-order valence-electron chi connectivity index (χ3n) is 3.91. The van der Waals surface area contributed by atoms with E-state index in [4.69, 9.17) is 0 Å². The van der Waals surface area contributed by atoms with Gasteiger partial charge in [0.2, 0.25) is 0 Å². The smallest absolute Gasteiger partial charge is 0.0962 e. The van der Waals surface area contributed by atoms with Crippen molar-refractivity contribution in [3.8, 4) is 0 Å². The minimum atomic E-state index is 0.598. The molecule has 1 aromatic rings. The van der Waals surface area contributed by atoms with Crippen molar-refractivity contribution in [1.29, 1.82) is 0 Å². The predicted molar refractivity (Wildman–Crippen MR) is 88.3 cm³/mol. The lowest BCUT2D eigenvalue weighted by molar-refractivity contribution is 0.146. The molecule has 1 aromatic heterocycles. The number of thioether (sulfide) groups is 1. The van der Waals surface area contributed by atoms with Crippen molar-refractivity contribution in [3.05, 3.63) is 23.9 Å². The number of piperidine rings is 1. The molecule has 2 heterocycles. The molecule has 1 saturated heterocycles. The first kappa shape index (κ1) is 15.8. The van der Waals surface area contributed by atoms with Crippen molar-refractivity contribution in [3.63, 3.8) is 0 Å². The maximum atomic E-state index is 4.65. The summed E-state index contributed by atoms with van der Waals surface area (Å²) < 4.78 is 0. The van der Waals surface area contributed by atoms with Crippen molar-refractivity contribution in [2.45, 2.75) is 69.2 Å². The van der Waals surface area contributed by atoms with Crippen molar-refractivity contribution in [2.75, 3.05) is 13.1 Å². The van der Waals surface area contributed by atoms with E-state index >= 15 is 0 Å². The lowest BCUT2D eigenvalue weighted by Gasteiger charge is -2.36. The maximum Gasteiger partial charge on any atom is 0.0962 e. The van der Waals surface area contributed by atoms with Crippen molar-refractivity contribution in [1.82, 2.24) is 9.88 Å². The van der Waals surface area contributed by atoms with E-state index in [1.54, 1.807) is 0 Å². The molecular formula is C17H28N2S. The molecule has 1 aliphatic rings. The van der Waals surface area contributed by atoms with Gasteiger partial charge in [0.1, 0.15) is 0 Å². The molecule has 0 aromatic carbocycles. The molecule has 1 aliphatic heterocycles. The van der Waals surface area contributed by atoms with Crippen LogP contribution in [-0.2, 0) is 0 Å².